The molecule has 0 bridgehead atoms. The number of thioether (sulfide) groups is 1. The third-order valence-corrected chi connectivity index (χ3v) is 5.13. The van der Waals surface area contributed by atoms with Crippen LogP contribution >= 0.6 is 11.8 Å². The highest BCUT2D eigenvalue weighted by molar-refractivity contribution is 7.98. The topological polar surface area (TPSA) is 67.1 Å². The molecule has 26 heavy (non-hydrogen) atoms. The molecule has 2 aromatic carbocycles. The Morgan fingerprint density at radius 3 is 2.81 bits per heavy atom. The zero-order chi connectivity index (χ0) is 18.2. The van der Waals surface area contributed by atoms with Crippen LogP contribution in [0.4, 0.5) is 0 Å². The lowest BCUT2D eigenvalue weighted by molar-refractivity contribution is 0.674. The van der Waals surface area contributed by atoms with Crippen LogP contribution in [0.5, 0.6) is 0 Å². The second kappa shape index (κ2) is 9.24. The van der Waals surface area contributed by atoms with E-state index in [-0.39, 0.29) is 0 Å². The number of fused-ring (bicyclic) bond motifs is 1. The molecule has 1 heterocycles. The number of nitrogens with one attached hydrogen (secondary N) is 2. The number of benzene rings is 2. The van der Waals surface area contributed by atoms with Crippen LogP contribution in [0, 0.1) is 0 Å². The molecule has 0 aliphatic rings. The summed E-state index contributed by atoms with van der Waals surface area (Å²) in [4.78, 5) is 8.43. The van der Waals surface area contributed by atoms with Crippen LogP contribution < -0.4 is 10.6 Å². The summed E-state index contributed by atoms with van der Waals surface area (Å²) in [6.45, 7) is 1.45. The molecule has 6 nitrogen and oxygen atoms in total. The van der Waals surface area contributed by atoms with Crippen molar-refractivity contribution in [1.82, 2.24) is 25.4 Å². The van der Waals surface area contributed by atoms with Crippen LogP contribution in [0.25, 0.3) is 10.8 Å². The fourth-order valence-electron chi connectivity index (χ4n) is 2.71. The summed E-state index contributed by atoms with van der Waals surface area (Å²) in [7, 11) is 3.65. The SMILES string of the molecule is CN=C(NCCSCc1cccc2ccccc12)NCc1ncnn1C. The maximum absolute atomic E-state index is 4.24. The van der Waals surface area contributed by atoms with Gasteiger partial charge in [-0.2, -0.15) is 16.9 Å². The minimum atomic E-state index is 0.597. The van der Waals surface area contributed by atoms with Crippen molar-refractivity contribution in [3.05, 3.63) is 60.2 Å². The molecule has 0 atom stereocenters. The number of hydrogen-bond donors (Lipinski definition) is 2. The predicted octanol–water partition coefficient (Wildman–Crippen LogP) is 2.57. The molecule has 7 heteroatoms. The first-order valence-electron chi connectivity index (χ1n) is 8.59. The number of aromatic nitrogens is 3. The van der Waals surface area contributed by atoms with Gasteiger partial charge in [0.2, 0.25) is 0 Å². The van der Waals surface area contributed by atoms with Gasteiger partial charge in [0, 0.05) is 32.1 Å². The molecule has 3 rings (SSSR count). The first-order chi connectivity index (χ1) is 12.8. The number of hydrogen-bond acceptors (Lipinski definition) is 4. The van der Waals surface area contributed by atoms with E-state index in [1.54, 1.807) is 18.1 Å². The van der Waals surface area contributed by atoms with Gasteiger partial charge in [-0.05, 0) is 16.3 Å². The van der Waals surface area contributed by atoms with Gasteiger partial charge < -0.3 is 10.6 Å². The summed E-state index contributed by atoms with van der Waals surface area (Å²) >= 11 is 1.92. The summed E-state index contributed by atoms with van der Waals surface area (Å²) < 4.78 is 1.75. The lowest BCUT2D eigenvalue weighted by atomic mass is 10.1. The Hall–Kier alpha value is -2.54. The van der Waals surface area contributed by atoms with Crippen molar-refractivity contribution in [3.63, 3.8) is 0 Å². The van der Waals surface area contributed by atoms with Gasteiger partial charge in [-0.1, -0.05) is 42.5 Å². The van der Waals surface area contributed by atoms with Crippen molar-refractivity contribution in [2.45, 2.75) is 12.3 Å². The highest BCUT2D eigenvalue weighted by Gasteiger charge is 2.03. The highest BCUT2D eigenvalue weighted by atomic mass is 32.2. The van der Waals surface area contributed by atoms with E-state index in [2.05, 4.69) is 68.2 Å². The van der Waals surface area contributed by atoms with Crippen LogP contribution in [-0.4, -0.2) is 40.1 Å². The van der Waals surface area contributed by atoms with Crippen molar-refractivity contribution in [2.24, 2.45) is 12.0 Å². The number of aryl methyl sites for hydroxylation is 1. The zero-order valence-electron chi connectivity index (χ0n) is 15.1. The molecule has 0 aliphatic heterocycles. The van der Waals surface area contributed by atoms with Crippen molar-refractivity contribution in [2.75, 3.05) is 19.3 Å². The second-order valence-electron chi connectivity index (χ2n) is 5.84. The first kappa shape index (κ1) is 18.3. The summed E-state index contributed by atoms with van der Waals surface area (Å²) in [6, 6.07) is 15.1. The van der Waals surface area contributed by atoms with Crippen LogP contribution in [0.3, 0.4) is 0 Å². The average molecular weight is 369 g/mol. The van der Waals surface area contributed by atoms with E-state index in [0.717, 1.165) is 29.8 Å². The quantitative estimate of drug-likeness (QED) is 0.381. The number of rotatable bonds is 7. The van der Waals surface area contributed by atoms with Gasteiger partial charge in [0.15, 0.2) is 5.96 Å². The van der Waals surface area contributed by atoms with Gasteiger partial charge in [0.25, 0.3) is 0 Å². The molecule has 0 saturated heterocycles. The van der Waals surface area contributed by atoms with Gasteiger partial charge in [-0.15, -0.1) is 0 Å². The van der Waals surface area contributed by atoms with Gasteiger partial charge in [0.05, 0.1) is 6.54 Å². The maximum atomic E-state index is 4.24. The summed E-state index contributed by atoms with van der Waals surface area (Å²) in [5.41, 5.74) is 1.39. The van der Waals surface area contributed by atoms with Gasteiger partial charge in [0.1, 0.15) is 12.2 Å². The fourth-order valence-corrected chi connectivity index (χ4v) is 3.57. The lowest BCUT2D eigenvalue weighted by Gasteiger charge is -2.11. The van der Waals surface area contributed by atoms with Gasteiger partial charge in [-0.3, -0.25) is 9.67 Å². The van der Waals surface area contributed by atoms with Crippen molar-refractivity contribution in [3.8, 4) is 0 Å². The Bertz CT molecular complexity index is 868. The van der Waals surface area contributed by atoms with E-state index in [0.29, 0.717) is 6.54 Å². The van der Waals surface area contributed by atoms with Crippen molar-refractivity contribution < 1.29 is 0 Å². The van der Waals surface area contributed by atoms with E-state index >= 15 is 0 Å². The number of guanidine groups is 1. The summed E-state index contributed by atoms with van der Waals surface area (Å²) in [6.07, 6.45) is 1.55. The molecular weight excluding hydrogens is 344 g/mol. The molecule has 3 aromatic rings. The fraction of sp³-hybridized carbons (Fsp3) is 0.316. The summed E-state index contributed by atoms with van der Waals surface area (Å²) in [5.74, 6) is 3.67. The Morgan fingerprint density at radius 1 is 1.15 bits per heavy atom. The molecule has 2 N–H and O–H groups in total. The van der Waals surface area contributed by atoms with Crippen molar-refractivity contribution >= 4 is 28.5 Å². The average Bonchev–Trinajstić information content (AvgIpc) is 3.09. The van der Waals surface area contributed by atoms with E-state index < -0.39 is 0 Å². The van der Waals surface area contributed by atoms with Crippen molar-refractivity contribution in [1.29, 1.82) is 0 Å². The molecule has 136 valence electrons. The minimum absolute atomic E-state index is 0.597. The highest BCUT2D eigenvalue weighted by Crippen LogP contribution is 2.22. The molecule has 1 aromatic heterocycles. The van der Waals surface area contributed by atoms with Crippen LogP contribution in [0.2, 0.25) is 0 Å². The molecule has 0 aliphatic carbocycles. The molecule has 0 saturated carbocycles. The molecule has 0 unspecified atom stereocenters. The van der Waals surface area contributed by atoms with Crippen LogP contribution in [0.15, 0.2) is 53.8 Å². The Morgan fingerprint density at radius 2 is 2.00 bits per heavy atom. The lowest BCUT2D eigenvalue weighted by Crippen LogP contribution is -2.38. The monoisotopic (exact) mass is 368 g/mol. The maximum Gasteiger partial charge on any atom is 0.191 e. The van der Waals surface area contributed by atoms with Crippen LogP contribution in [0.1, 0.15) is 11.4 Å². The van der Waals surface area contributed by atoms with Crippen LogP contribution in [-0.2, 0) is 19.3 Å². The third-order valence-electron chi connectivity index (χ3n) is 4.12. The first-order valence-corrected chi connectivity index (χ1v) is 9.75. The third kappa shape index (κ3) is 4.76. The Labute approximate surface area is 158 Å². The van der Waals surface area contributed by atoms with E-state index in [1.807, 2.05) is 18.8 Å². The standard InChI is InChI=1S/C19H24N6S/c1-20-19(22-12-18-23-14-24-25(18)2)21-10-11-26-13-16-8-5-7-15-6-3-4-9-17(15)16/h3-9,14H,10-13H2,1-2H3,(H2,20,21,22). The van der Waals surface area contributed by atoms with Gasteiger partial charge >= 0.3 is 0 Å². The Kier molecular flexibility index (Phi) is 6.49. The second-order valence-corrected chi connectivity index (χ2v) is 6.95. The molecule has 0 radical (unpaired) electrons. The summed E-state index contributed by atoms with van der Waals surface area (Å²) in [5, 5.41) is 13.3. The molecule has 0 amide bonds. The number of nitrogens with zero attached hydrogens (tertiary/aromatic N) is 4. The normalized spacial score (nSPS) is 11.7. The molecular formula is C19H24N6S. The van der Waals surface area contributed by atoms with E-state index in [1.165, 1.54) is 16.3 Å². The number of aliphatic imine (C=N–C) groups is 1. The largest absolute Gasteiger partial charge is 0.356 e. The van der Waals surface area contributed by atoms with E-state index in [4.69, 9.17) is 0 Å². The minimum Gasteiger partial charge on any atom is -0.356 e. The molecule has 0 spiro atoms. The smallest absolute Gasteiger partial charge is 0.191 e. The predicted molar refractivity (Wildman–Crippen MR) is 109 cm³/mol. The zero-order valence-corrected chi connectivity index (χ0v) is 16.0. The van der Waals surface area contributed by atoms with E-state index in [9.17, 15) is 0 Å². The Balaban J connectivity index is 1.41. The molecule has 0 fully saturated rings. The van der Waals surface area contributed by atoms with Gasteiger partial charge in [-0.25, -0.2) is 4.98 Å².